The Balaban J connectivity index is 1.74. The Labute approximate surface area is 170 Å². The summed E-state index contributed by atoms with van der Waals surface area (Å²) in [7, 11) is 0. The summed E-state index contributed by atoms with van der Waals surface area (Å²) >= 11 is 1.46. The number of para-hydroxylation sites is 1. The fourth-order valence-corrected chi connectivity index (χ4v) is 5.05. The van der Waals surface area contributed by atoms with Gasteiger partial charge in [0.2, 0.25) is 0 Å². The third-order valence-electron chi connectivity index (χ3n) is 5.06. The Morgan fingerprint density at radius 2 is 2.00 bits per heavy atom. The van der Waals surface area contributed by atoms with E-state index in [9.17, 15) is 9.59 Å². The number of benzene rings is 1. The van der Waals surface area contributed by atoms with Crippen LogP contribution in [0.1, 0.15) is 60.5 Å². The number of carbonyl (C=O) groups is 2. The van der Waals surface area contributed by atoms with Crippen molar-refractivity contribution in [3.8, 4) is 5.75 Å². The van der Waals surface area contributed by atoms with E-state index in [0.29, 0.717) is 22.2 Å². The lowest BCUT2D eigenvalue weighted by atomic mass is 9.86. The predicted octanol–water partition coefficient (Wildman–Crippen LogP) is 4.29. The van der Waals surface area contributed by atoms with E-state index < -0.39 is 5.91 Å². The molecule has 1 aliphatic rings. The molecule has 0 aliphatic heterocycles. The van der Waals surface area contributed by atoms with Gasteiger partial charge in [-0.15, -0.1) is 11.3 Å². The van der Waals surface area contributed by atoms with Gasteiger partial charge in [-0.2, -0.15) is 0 Å². The molecule has 0 saturated carbocycles. The number of hydrogen-bond acceptors (Lipinski definition) is 4. The first-order chi connectivity index (χ1) is 13.2. The molecular weight excluding hydrogens is 372 g/mol. The summed E-state index contributed by atoms with van der Waals surface area (Å²) in [6.45, 7) is 8.39. The van der Waals surface area contributed by atoms with Crippen LogP contribution in [0.3, 0.4) is 0 Å². The molecule has 1 aromatic carbocycles. The fraction of sp³-hybridized carbons (Fsp3) is 0.455. The van der Waals surface area contributed by atoms with Crippen LogP contribution in [-0.4, -0.2) is 18.4 Å². The lowest BCUT2D eigenvalue weighted by molar-refractivity contribution is -0.118. The number of thiophene rings is 1. The Hall–Kier alpha value is -2.34. The number of nitrogens with one attached hydrogen (secondary N) is 1. The standard InChI is InChI=1S/C22H28N2O3S/c1-13-9-10-14-17(11-13)28-21(19(14)20(23)26)24-18(25)12-27-16-8-6-5-7-15(16)22(2,3)4/h5-8,13H,9-12H2,1-4H3,(H2,23,26)(H,24,25)/t13-/m0/s1. The Morgan fingerprint density at radius 3 is 2.68 bits per heavy atom. The van der Waals surface area contributed by atoms with Crippen molar-refractivity contribution in [2.24, 2.45) is 11.7 Å². The highest BCUT2D eigenvalue weighted by atomic mass is 32.1. The molecule has 0 bridgehead atoms. The summed E-state index contributed by atoms with van der Waals surface area (Å²) in [5, 5.41) is 3.39. The van der Waals surface area contributed by atoms with Crippen molar-refractivity contribution in [3.05, 3.63) is 45.8 Å². The number of ether oxygens (including phenoxy) is 1. The van der Waals surface area contributed by atoms with E-state index in [1.165, 1.54) is 11.3 Å². The first-order valence-corrected chi connectivity index (χ1v) is 10.4. The molecule has 0 fully saturated rings. The molecule has 2 aromatic rings. The van der Waals surface area contributed by atoms with Crippen LogP contribution in [0.4, 0.5) is 5.00 Å². The van der Waals surface area contributed by atoms with Gasteiger partial charge in [-0.25, -0.2) is 0 Å². The normalized spacial score (nSPS) is 16.4. The molecule has 0 spiro atoms. The quantitative estimate of drug-likeness (QED) is 0.786. The molecule has 28 heavy (non-hydrogen) atoms. The molecule has 1 heterocycles. The summed E-state index contributed by atoms with van der Waals surface area (Å²) in [6.07, 6.45) is 2.78. The van der Waals surface area contributed by atoms with E-state index in [0.717, 1.165) is 35.3 Å². The average Bonchev–Trinajstić information content (AvgIpc) is 2.96. The van der Waals surface area contributed by atoms with Gasteiger partial charge in [-0.1, -0.05) is 45.9 Å². The molecule has 2 amide bonds. The molecule has 6 heteroatoms. The van der Waals surface area contributed by atoms with Gasteiger partial charge in [0.15, 0.2) is 6.61 Å². The van der Waals surface area contributed by atoms with Crippen molar-refractivity contribution in [3.63, 3.8) is 0 Å². The predicted molar refractivity (Wildman–Crippen MR) is 113 cm³/mol. The highest BCUT2D eigenvalue weighted by Gasteiger charge is 2.27. The number of fused-ring (bicyclic) bond motifs is 1. The van der Waals surface area contributed by atoms with Crippen LogP contribution in [0.2, 0.25) is 0 Å². The summed E-state index contributed by atoms with van der Waals surface area (Å²) in [5.74, 6) is 0.492. The van der Waals surface area contributed by atoms with Crippen LogP contribution in [0.5, 0.6) is 5.75 Å². The second-order valence-corrected chi connectivity index (χ2v) is 9.61. The minimum Gasteiger partial charge on any atom is -0.483 e. The molecule has 1 atom stereocenters. The third-order valence-corrected chi connectivity index (χ3v) is 6.23. The van der Waals surface area contributed by atoms with Crippen molar-refractivity contribution in [1.82, 2.24) is 0 Å². The van der Waals surface area contributed by atoms with Crippen LogP contribution in [0.25, 0.3) is 0 Å². The van der Waals surface area contributed by atoms with E-state index in [4.69, 9.17) is 10.5 Å². The van der Waals surface area contributed by atoms with Crippen LogP contribution in [-0.2, 0) is 23.1 Å². The minimum absolute atomic E-state index is 0.0876. The lowest BCUT2D eigenvalue weighted by Gasteiger charge is -2.22. The molecule has 0 unspecified atom stereocenters. The molecule has 0 saturated heterocycles. The van der Waals surface area contributed by atoms with Gasteiger partial charge >= 0.3 is 0 Å². The molecule has 150 valence electrons. The van der Waals surface area contributed by atoms with Crippen LogP contribution in [0, 0.1) is 5.92 Å². The van der Waals surface area contributed by atoms with Gasteiger partial charge in [0.05, 0.1) is 5.56 Å². The SMILES string of the molecule is C[C@H]1CCc2c(sc(NC(=O)COc3ccccc3C(C)(C)C)c2C(N)=O)C1. The zero-order valence-electron chi connectivity index (χ0n) is 16.9. The zero-order chi connectivity index (χ0) is 20.5. The first kappa shape index (κ1) is 20.4. The molecule has 0 radical (unpaired) electrons. The van der Waals surface area contributed by atoms with E-state index in [1.807, 2.05) is 24.3 Å². The van der Waals surface area contributed by atoms with Gasteiger partial charge in [-0.05, 0) is 47.8 Å². The first-order valence-electron chi connectivity index (χ1n) is 9.63. The maximum absolute atomic E-state index is 12.5. The van der Waals surface area contributed by atoms with Gasteiger partial charge in [0.1, 0.15) is 10.8 Å². The second kappa shape index (κ2) is 7.95. The number of anilines is 1. The number of hydrogen-bond donors (Lipinski definition) is 2. The van der Waals surface area contributed by atoms with Gasteiger partial charge in [-0.3, -0.25) is 9.59 Å². The monoisotopic (exact) mass is 400 g/mol. The second-order valence-electron chi connectivity index (χ2n) is 8.50. The van der Waals surface area contributed by atoms with E-state index >= 15 is 0 Å². The Morgan fingerprint density at radius 1 is 1.29 bits per heavy atom. The van der Waals surface area contributed by atoms with Crippen molar-refractivity contribution < 1.29 is 14.3 Å². The molecule has 3 N–H and O–H groups in total. The minimum atomic E-state index is -0.485. The number of amides is 2. The van der Waals surface area contributed by atoms with Gasteiger partial charge in [0.25, 0.3) is 11.8 Å². The molecule has 5 nitrogen and oxygen atoms in total. The summed E-state index contributed by atoms with van der Waals surface area (Å²) in [4.78, 5) is 25.7. The van der Waals surface area contributed by atoms with Crippen LogP contribution < -0.4 is 15.8 Å². The number of nitrogens with two attached hydrogens (primary N) is 1. The van der Waals surface area contributed by atoms with Crippen molar-refractivity contribution >= 4 is 28.2 Å². The topological polar surface area (TPSA) is 81.4 Å². The number of carbonyl (C=O) groups excluding carboxylic acids is 2. The lowest BCUT2D eigenvalue weighted by Crippen LogP contribution is -2.23. The van der Waals surface area contributed by atoms with Gasteiger partial charge < -0.3 is 15.8 Å². The summed E-state index contributed by atoms with van der Waals surface area (Å²) in [5.41, 5.74) is 8.04. The van der Waals surface area contributed by atoms with Crippen molar-refractivity contribution in [2.75, 3.05) is 11.9 Å². The number of primary amides is 1. The number of rotatable bonds is 5. The summed E-state index contributed by atoms with van der Waals surface area (Å²) in [6, 6.07) is 7.73. The van der Waals surface area contributed by atoms with Crippen LogP contribution in [0.15, 0.2) is 24.3 Å². The van der Waals surface area contributed by atoms with Crippen molar-refractivity contribution in [2.45, 2.75) is 52.4 Å². The van der Waals surface area contributed by atoms with Crippen LogP contribution >= 0.6 is 11.3 Å². The van der Waals surface area contributed by atoms with Crippen molar-refractivity contribution in [1.29, 1.82) is 0 Å². The third kappa shape index (κ3) is 4.38. The smallest absolute Gasteiger partial charge is 0.262 e. The highest BCUT2D eigenvalue weighted by molar-refractivity contribution is 7.17. The highest BCUT2D eigenvalue weighted by Crippen LogP contribution is 2.39. The fourth-order valence-electron chi connectivity index (χ4n) is 3.62. The maximum Gasteiger partial charge on any atom is 0.262 e. The largest absolute Gasteiger partial charge is 0.483 e. The van der Waals surface area contributed by atoms with E-state index in [2.05, 4.69) is 33.0 Å². The molecule has 3 rings (SSSR count). The van der Waals surface area contributed by atoms with Gasteiger partial charge in [0, 0.05) is 4.88 Å². The summed E-state index contributed by atoms with van der Waals surface area (Å²) < 4.78 is 5.79. The zero-order valence-corrected chi connectivity index (χ0v) is 17.7. The maximum atomic E-state index is 12.5. The Kier molecular flexibility index (Phi) is 5.79. The van der Waals surface area contributed by atoms with E-state index in [1.54, 1.807) is 0 Å². The molecule has 1 aromatic heterocycles. The molecular formula is C22H28N2O3S. The molecule has 1 aliphatic carbocycles. The average molecular weight is 401 g/mol. The van der Waals surface area contributed by atoms with E-state index in [-0.39, 0.29) is 17.9 Å². The Bertz CT molecular complexity index is 896.